The number of nitrogens with two attached hydrogens (primary N) is 2. The molecular formula is C25H43N11O9S. The van der Waals surface area contributed by atoms with Crippen LogP contribution in [0.1, 0.15) is 38.5 Å². The van der Waals surface area contributed by atoms with Crippen LogP contribution in [0.5, 0.6) is 0 Å². The van der Waals surface area contributed by atoms with Crippen LogP contribution in [0.25, 0.3) is 0 Å². The van der Waals surface area contributed by atoms with Crippen molar-refractivity contribution in [2.24, 2.45) is 11.5 Å². The number of unbranched alkanes of at least 4 members (excludes halogenated alkanes) is 1. The molecule has 20 nitrogen and oxygen atoms in total. The predicted molar refractivity (Wildman–Crippen MR) is 165 cm³/mol. The second-order valence-corrected chi connectivity index (χ2v) is 10.5. The van der Waals surface area contributed by atoms with Gasteiger partial charge in [-0.3, -0.25) is 39.0 Å². The van der Waals surface area contributed by atoms with E-state index in [1.165, 1.54) is 0 Å². The maximum atomic E-state index is 13.1. The lowest BCUT2D eigenvalue weighted by Gasteiger charge is -2.23. The normalized spacial score (nSPS) is 20.2. The first kappa shape index (κ1) is 39.4. The number of guanidine groups is 1. The van der Waals surface area contributed by atoms with Crippen molar-refractivity contribution in [1.82, 2.24) is 42.5 Å². The molecule has 0 spiro atoms. The second kappa shape index (κ2) is 21.1. The Balaban J connectivity index is 3.08. The molecule has 7 amide bonds. The van der Waals surface area contributed by atoms with Gasteiger partial charge in [-0.2, -0.15) is 12.6 Å². The largest absolute Gasteiger partial charge is 0.480 e. The molecule has 46 heavy (non-hydrogen) atoms. The Morgan fingerprint density at radius 2 is 1.41 bits per heavy atom. The summed E-state index contributed by atoms with van der Waals surface area (Å²) >= 11 is 3.82. The fraction of sp³-hybridized carbons (Fsp3) is 0.640. The topological polar surface area (TPSA) is 329 Å². The first-order chi connectivity index (χ1) is 21.8. The van der Waals surface area contributed by atoms with E-state index in [0.29, 0.717) is 19.4 Å². The first-order valence-electron chi connectivity index (χ1n) is 14.4. The number of carbonyl (C=O) groups excluding carboxylic acids is 7. The molecule has 1 fully saturated rings. The summed E-state index contributed by atoms with van der Waals surface area (Å²) in [7, 11) is 0. The Hall–Kier alpha value is -4.66. The summed E-state index contributed by atoms with van der Waals surface area (Å²) in [6.07, 6.45) is 0.836. The molecule has 0 radical (unpaired) electrons. The average molecular weight is 674 g/mol. The highest BCUT2D eigenvalue weighted by Gasteiger charge is 2.29. The quantitative estimate of drug-likeness (QED) is 0.0334. The van der Waals surface area contributed by atoms with E-state index in [1.807, 2.05) is 0 Å². The number of hydrogen-bond acceptors (Lipinski definition) is 11. The Morgan fingerprint density at radius 3 is 1.98 bits per heavy atom. The fourth-order valence-corrected chi connectivity index (χ4v) is 4.23. The molecule has 0 bridgehead atoms. The van der Waals surface area contributed by atoms with Crippen LogP contribution in [-0.2, 0) is 38.4 Å². The fourth-order valence-electron chi connectivity index (χ4n) is 3.98. The summed E-state index contributed by atoms with van der Waals surface area (Å²) in [4.78, 5) is 100.0. The maximum Gasteiger partial charge on any atom is 0.327 e. The third-order valence-electron chi connectivity index (χ3n) is 6.37. The number of carbonyl (C=O) groups is 8. The minimum Gasteiger partial charge on any atom is -0.480 e. The van der Waals surface area contributed by atoms with Crippen molar-refractivity contribution >= 4 is 65.9 Å². The SMILES string of the molecule is N=C(N)NCCC[C@@H]1NC(=O)[C@H](CCCCN)NC(=O)CNC(=O)[C@H](CC(=O)NCC(=O)N[C@H](CS)C(=O)O)NC(=O)CNC1=O. The molecule has 0 unspecified atom stereocenters. The van der Waals surface area contributed by atoms with Crippen LogP contribution in [0, 0.1) is 5.41 Å². The molecule has 0 aromatic carbocycles. The van der Waals surface area contributed by atoms with Crippen molar-refractivity contribution in [3.05, 3.63) is 0 Å². The third-order valence-corrected chi connectivity index (χ3v) is 6.73. The van der Waals surface area contributed by atoms with Crippen LogP contribution in [0.4, 0.5) is 0 Å². The van der Waals surface area contributed by atoms with Crippen LogP contribution in [0.3, 0.4) is 0 Å². The molecule has 258 valence electrons. The minimum absolute atomic E-state index is 0.0700. The molecular weight excluding hydrogens is 630 g/mol. The average Bonchev–Trinajstić information content (AvgIpc) is 3.00. The smallest absolute Gasteiger partial charge is 0.327 e. The molecule has 4 atom stereocenters. The van der Waals surface area contributed by atoms with Crippen molar-refractivity contribution < 1.29 is 43.5 Å². The highest BCUT2D eigenvalue weighted by molar-refractivity contribution is 7.80. The van der Waals surface area contributed by atoms with Gasteiger partial charge in [0.1, 0.15) is 24.2 Å². The monoisotopic (exact) mass is 673 g/mol. The Kier molecular flexibility index (Phi) is 18.1. The molecule has 1 heterocycles. The van der Waals surface area contributed by atoms with E-state index in [9.17, 15) is 38.4 Å². The lowest BCUT2D eigenvalue weighted by atomic mass is 10.1. The van der Waals surface area contributed by atoms with Crippen molar-refractivity contribution in [1.29, 1.82) is 5.41 Å². The van der Waals surface area contributed by atoms with Gasteiger partial charge >= 0.3 is 5.97 Å². The van der Waals surface area contributed by atoms with E-state index in [0.717, 1.165) is 0 Å². The predicted octanol–water partition coefficient (Wildman–Crippen LogP) is -5.92. The Labute approximate surface area is 269 Å². The van der Waals surface area contributed by atoms with E-state index >= 15 is 0 Å². The van der Waals surface area contributed by atoms with E-state index in [2.05, 4.69) is 55.2 Å². The number of nitrogens with one attached hydrogen (secondary N) is 9. The van der Waals surface area contributed by atoms with E-state index < -0.39 is 97.5 Å². The number of carboxylic acid groups (broad SMARTS) is 1. The summed E-state index contributed by atoms with van der Waals surface area (Å²) < 4.78 is 0. The minimum atomic E-state index is -1.55. The standard InChI is InChI=1S/C25H43N11O9S/c26-6-2-1-4-14-23(43)36-13(5-3-7-29-25(27)28)21(41)31-11-20(40)34-15(22(42)32-10-19(39)33-14)8-17(37)30-9-18(38)35-16(12-46)24(44)45/h13-16,46H,1-12,26H2,(H,30,37)(H,31,41)(H,32,42)(H,33,39)(H,34,40)(H,35,38)(H,36,43)(H,44,45)(H4,27,28,29)/t13-,14-,15-,16+/m0/s1. The summed E-state index contributed by atoms with van der Waals surface area (Å²) in [6.45, 7) is -1.38. The molecule has 1 saturated heterocycles. The van der Waals surface area contributed by atoms with Gasteiger partial charge in [0.25, 0.3) is 0 Å². The van der Waals surface area contributed by atoms with E-state index in [4.69, 9.17) is 22.0 Å². The lowest BCUT2D eigenvalue weighted by molar-refractivity contribution is -0.141. The zero-order chi connectivity index (χ0) is 34.6. The number of thiol groups is 1. The van der Waals surface area contributed by atoms with Crippen LogP contribution in [0.2, 0.25) is 0 Å². The van der Waals surface area contributed by atoms with Gasteiger partial charge < -0.3 is 59.1 Å². The van der Waals surface area contributed by atoms with Gasteiger partial charge in [-0.25, -0.2) is 4.79 Å². The molecule has 0 aliphatic carbocycles. The third kappa shape index (κ3) is 15.9. The number of rotatable bonds is 15. The number of carboxylic acids is 1. The lowest BCUT2D eigenvalue weighted by Crippen LogP contribution is -2.55. The van der Waals surface area contributed by atoms with Crippen LogP contribution in [-0.4, -0.2) is 121 Å². The van der Waals surface area contributed by atoms with Crippen molar-refractivity contribution in [3.63, 3.8) is 0 Å². The summed E-state index contributed by atoms with van der Waals surface area (Å²) in [5.41, 5.74) is 10.8. The van der Waals surface area contributed by atoms with Gasteiger partial charge in [-0.15, -0.1) is 0 Å². The van der Waals surface area contributed by atoms with Crippen molar-refractivity contribution in [2.75, 3.05) is 38.5 Å². The van der Waals surface area contributed by atoms with E-state index in [1.54, 1.807) is 0 Å². The van der Waals surface area contributed by atoms with Crippen LogP contribution >= 0.6 is 12.6 Å². The highest BCUT2D eigenvalue weighted by atomic mass is 32.1. The Bertz CT molecular complexity index is 1140. The van der Waals surface area contributed by atoms with E-state index in [-0.39, 0.29) is 37.5 Å². The molecule has 0 aromatic rings. The van der Waals surface area contributed by atoms with Gasteiger partial charge in [0.05, 0.1) is 26.1 Å². The highest BCUT2D eigenvalue weighted by Crippen LogP contribution is 2.05. The van der Waals surface area contributed by atoms with Crippen molar-refractivity contribution in [2.45, 2.75) is 62.7 Å². The molecule has 14 N–H and O–H groups in total. The second-order valence-electron chi connectivity index (χ2n) is 10.1. The zero-order valence-electron chi connectivity index (χ0n) is 25.1. The molecule has 0 saturated carbocycles. The van der Waals surface area contributed by atoms with Crippen LogP contribution in [0.15, 0.2) is 0 Å². The molecule has 0 aromatic heterocycles. The maximum absolute atomic E-state index is 13.1. The van der Waals surface area contributed by atoms with Gasteiger partial charge in [0, 0.05) is 12.3 Å². The van der Waals surface area contributed by atoms with Gasteiger partial charge in [-0.1, -0.05) is 0 Å². The van der Waals surface area contributed by atoms with Crippen molar-refractivity contribution in [3.8, 4) is 0 Å². The number of hydrogen-bond donors (Lipinski definition) is 13. The van der Waals surface area contributed by atoms with Gasteiger partial charge in [0.15, 0.2) is 5.96 Å². The summed E-state index contributed by atoms with van der Waals surface area (Å²) in [5, 5.41) is 35.2. The summed E-state index contributed by atoms with van der Waals surface area (Å²) in [5.74, 6) is -7.60. The number of amides is 7. The van der Waals surface area contributed by atoms with Crippen LogP contribution < -0.4 is 54.0 Å². The number of aliphatic carboxylic acids is 1. The molecule has 1 rings (SSSR count). The molecule has 1 aliphatic rings. The summed E-state index contributed by atoms with van der Waals surface area (Å²) in [6, 6.07) is -5.10. The van der Waals surface area contributed by atoms with Gasteiger partial charge in [0.2, 0.25) is 41.4 Å². The molecule has 1 aliphatic heterocycles. The Morgan fingerprint density at radius 1 is 0.848 bits per heavy atom. The molecule has 21 heteroatoms. The van der Waals surface area contributed by atoms with Gasteiger partial charge in [-0.05, 0) is 38.6 Å². The first-order valence-corrected chi connectivity index (χ1v) is 15.0. The zero-order valence-corrected chi connectivity index (χ0v) is 26.0.